The smallest absolute Gasteiger partial charge is 0.255 e. The molecule has 0 atom stereocenters. The molecule has 0 saturated heterocycles. The lowest BCUT2D eigenvalue weighted by Gasteiger charge is -2.11. The van der Waals surface area contributed by atoms with E-state index in [1.165, 1.54) is 0 Å². The Labute approximate surface area is 132 Å². The number of hydrogen-bond acceptors (Lipinski definition) is 3. The van der Waals surface area contributed by atoms with E-state index in [0.717, 1.165) is 15.8 Å². The number of benzene rings is 2. The van der Waals surface area contributed by atoms with E-state index in [1.54, 1.807) is 32.4 Å². The number of ether oxygens (including phenoxy) is 2. The summed E-state index contributed by atoms with van der Waals surface area (Å²) in [6.45, 7) is 0.391. The van der Waals surface area contributed by atoms with E-state index in [2.05, 4.69) is 21.2 Å². The maximum Gasteiger partial charge on any atom is 0.255 e. The van der Waals surface area contributed by atoms with Crippen molar-refractivity contribution in [3.05, 3.63) is 58.1 Å². The van der Waals surface area contributed by atoms with Crippen LogP contribution in [-0.4, -0.2) is 20.1 Å². The first kappa shape index (κ1) is 15.4. The molecule has 4 nitrogen and oxygen atoms in total. The molecule has 0 saturated carbocycles. The second kappa shape index (κ2) is 7.13. The summed E-state index contributed by atoms with van der Waals surface area (Å²) in [6, 6.07) is 12.9. The molecule has 0 heterocycles. The normalized spacial score (nSPS) is 10.0. The van der Waals surface area contributed by atoms with E-state index in [0.29, 0.717) is 17.9 Å². The number of methoxy groups -OCH3 is 2. The fourth-order valence-electron chi connectivity index (χ4n) is 1.97. The van der Waals surface area contributed by atoms with Crippen LogP contribution in [0.15, 0.2) is 46.9 Å². The van der Waals surface area contributed by atoms with Gasteiger partial charge in [0.2, 0.25) is 0 Å². The number of hydrogen-bond donors (Lipinski definition) is 1. The van der Waals surface area contributed by atoms with E-state index in [9.17, 15) is 4.79 Å². The Bertz CT molecular complexity index is 643. The van der Waals surface area contributed by atoms with E-state index in [-0.39, 0.29) is 5.91 Å². The molecule has 2 rings (SSSR count). The third kappa shape index (κ3) is 3.76. The topological polar surface area (TPSA) is 47.6 Å². The van der Waals surface area contributed by atoms with Gasteiger partial charge < -0.3 is 14.8 Å². The minimum Gasteiger partial charge on any atom is -0.496 e. The van der Waals surface area contributed by atoms with Crippen LogP contribution in [0.3, 0.4) is 0 Å². The molecular weight excluding hydrogens is 334 g/mol. The molecule has 2 aromatic carbocycles. The highest BCUT2D eigenvalue weighted by Crippen LogP contribution is 2.24. The van der Waals surface area contributed by atoms with Gasteiger partial charge in [0.15, 0.2) is 0 Å². The minimum absolute atomic E-state index is 0.190. The Morgan fingerprint density at radius 2 is 1.81 bits per heavy atom. The Balaban J connectivity index is 2.12. The van der Waals surface area contributed by atoms with Crippen LogP contribution in [0.1, 0.15) is 15.9 Å². The molecular formula is C16H16BrNO3. The van der Waals surface area contributed by atoms with Gasteiger partial charge in [-0.05, 0) is 24.3 Å². The van der Waals surface area contributed by atoms with Gasteiger partial charge in [-0.25, -0.2) is 0 Å². The molecule has 21 heavy (non-hydrogen) atoms. The largest absolute Gasteiger partial charge is 0.496 e. The summed E-state index contributed by atoms with van der Waals surface area (Å²) in [6.07, 6.45) is 0. The maximum absolute atomic E-state index is 12.3. The number of carbonyl (C=O) groups is 1. The molecule has 1 amide bonds. The second-order valence-corrected chi connectivity index (χ2v) is 5.25. The molecule has 5 heteroatoms. The molecule has 110 valence electrons. The molecule has 2 aromatic rings. The quantitative estimate of drug-likeness (QED) is 0.899. The van der Waals surface area contributed by atoms with Crippen molar-refractivity contribution in [1.29, 1.82) is 0 Å². The zero-order valence-electron chi connectivity index (χ0n) is 11.9. The summed E-state index contributed by atoms with van der Waals surface area (Å²) in [5.41, 5.74) is 1.42. The van der Waals surface area contributed by atoms with Crippen molar-refractivity contribution in [2.45, 2.75) is 6.54 Å². The summed E-state index contributed by atoms with van der Waals surface area (Å²) < 4.78 is 11.4. The number of para-hydroxylation sites is 1. The Hall–Kier alpha value is -2.01. The Morgan fingerprint density at radius 3 is 2.52 bits per heavy atom. The highest BCUT2D eigenvalue weighted by molar-refractivity contribution is 9.10. The van der Waals surface area contributed by atoms with E-state index in [4.69, 9.17) is 9.47 Å². The van der Waals surface area contributed by atoms with Crippen LogP contribution in [-0.2, 0) is 6.54 Å². The monoisotopic (exact) mass is 349 g/mol. The van der Waals surface area contributed by atoms with Crippen LogP contribution >= 0.6 is 15.9 Å². The predicted octanol–water partition coefficient (Wildman–Crippen LogP) is 3.40. The molecule has 0 radical (unpaired) electrons. The molecule has 0 unspecified atom stereocenters. The fraction of sp³-hybridized carbons (Fsp3) is 0.188. The van der Waals surface area contributed by atoms with Gasteiger partial charge in [-0.15, -0.1) is 0 Å². The van der Waals surface area contributed by atoms with E-state index >= 15 is 0 Å². The van der Waals surface area contributed by atoms with Gasteiger partial charge in [-0.2, -0.15) is 0 Å². The van der Waals surface area contributed by atoms with E-state index in [1.807, 2.05) is 24.3 Å². The van der Waals surface area contributed by atoms with Crippen molar-refractivity contribution >= 4 is 21.8 Å². The Kier molecular flexibility index (Phi) is 5.22. The summed E-state index contributed by atoms with van der Waals surface area (Å²) in [4.78, 5) is 12.3. The summed E-state index contributed by atoms with van der Waals surface area (Å²) in [5, 5.41) is 2.87. The molecule has 0 fully saturated rings. The van der Waals surface area contributed by atoms with Gasteiger partial charge in [0, 0.05) is 16.6 Å². The standard InChI is InChI=1S/C16H16BrNO3/c1-20-14-6-4-3-5-11(14)10-18-16(19)13-8-7-12(17)9-15(13)21-2/h3-9H,10H2,1-2H3,(H,18,19). The zero-order valence-corrected chi connectivity index (χ0v) is 13.4. The number of halogens is 1. The first-order valence-corrected chi connectivity index (χ1v) is 7.18. The van der Waals surface area contributed by atoms with Gasteiger partial charge >= 0.3 is 0 Å². The maximum atomic E-state index is 12.3. The van der Waals surface area contributed by atoms with Crippen LogP contribution in [0.2, 0.25) is 0 Å². The fourth-order valence-corrected chi connectivity index (χ4v) is 2.31. The minimum atomic E-state index is -0.190. The van der Waals surface area contributed by atoms with Crippen molar-refractivity contribution in [1.82, 2.24) is 5.32 Å². The first-order chi connectivity index (χ1) is 10.2. The van der Waals surface area contributed by atoms with Gasteiger partial charge in [0.25, 0.3) is 5.91 Å². The third-order valence-corrected chi connectivity index (χ3v) is 3.53. The van der Waals surface area contributed by atoms with Crippen molar-refractivity contribution in [3.8, 4) is 11.5 Å². The highest BCUT2D eigenvalue weighted by atomic mass is 79.9. The zero-order chi connectivity index (χ0) is 15.2. The van der Waals surface area contributed by atoms with Crippen LogP contribution < -0.4 is 14.8 Å². The average Bonchev–Trinajstić information content (AvgIpc) is 2.52. The van der Waals surface area contributed by atoms with Crippen LogP contribution in [0, 0.1) is 0 Å². The molecule has 0 spiro atoms. The van der Waals surface area contributed by atoms with Gasteiger partial charge in [0.05, 0.1) is 19.8 Å². The average molecular weight is 350 g/mol. The van der Waals surface area contributed by atoms with Gasteiger partial charge in [-0.1, -0.05) is 34.1 Å². The lowest BCUT2D eigenvalue weighted by Crippen LogP contribution is -2.23. The van der Waals surface area contributed by atoms with Gasteiger partial charge in [-0.3, -0.25) is 4.79 Å². The lowest BCUT2D eigenvalue weighted by atomic mass is 10.1. The Morgan fingerprint density at radius 1 is 1.10 bits per heavy atom. The molecule has 0 aliphatic heterocycles. The number of rotatable bonds is 5. The lowest BCUT2D eigenvalue weighted by molar-refractivity contribution is 0.0947. The van der Waals surface area contributed by atoms with E-state index < -0.39 is 0 Å². The SMILES string of the molecule is COc1ccccc1CNC(=O)c1ccc(Br)cc1OC. The molecule has 0 aliphatic carbocycles. The number of carbonyl (C=O) groups excluding carboxylic acids is 1. The van der Waals surface area contributed by atoms with Crippen molar-refractivity contribution in [2.75, 3.05) is 14.2 Å². The van der Waals surface area contributed by atoms with Gasteiger partial charge in [0.1, 0.15) is 11.5 Å². The third-order valence-electron chi connectivity index (χ3n) is 3.04. The van der Waals surface area contributed by atoms with Crippen molar-refractivity contribution < 1.29 is 14.3 Å². The number of amides is 1. The highest BCUT2D eigenvalue weighted by Gasteiger charge is 2.13. The molecule has 0 bridgehead atoms. The molecule has 0 aliphatic rings. The van der Waals surface area contributed by atoms with Crippen LogP contribution in [0.5, 0.6) is 11.5 Å². The van der Waals surface area contributed by atoms with Crippen molar-refractivity contribution in [2.24, 2.45) is 0 Å². The number of nitrogens with one attached hydrogen (secondary N) is 1. The predicted molar refractivity (Wildman–Crippen MR) is 84.9 cm³/mol. The summed E-state index contributed by atoms with van der Waals surface area (Å²) in [7, 11) is 3.15. The van der Waals surface area contributed by atoms with Crippen molar-refractivity contribution in [3.63, 3.8) is 0 Å². The first-order valence-electron chi connectivity index (χ1n) is 6.39. The molecule has 0 aromatic heterocycles. The summed E-state index contributed by atoms with van der Waals surface area (Å²) >= 11 is 3.35. The molecule has 1 N–H and O–H groups in total. The summed E-state index contributed by atoms with van der Waals surface area (Å²) in [5.74, 6) is 1.09. The van der Waals surface area contributed by atoms with Crippen LogP contribution in [0.25, 0.3) is 0 Å². The van der Waals surface area contributed by atoms with Crippen LogP contribution in [0.4, 0.5) is 0 Å². The second-order valence-electron chi connectivity index (χ2n) is 4.34.